The molecule has 0 aliphatic carbocycles. The molecule has 1 rings (SSSR count). The first-order chi connectivity index (χ1) is 9.06. The van der Waals surface area contributed by atoms with Gasteiger partial charge in [-0.05, 0) is 26.0 Å². The van der Waals surface area contributed by atoms with Crippen molar-refractivity contribution in [3.05, 3.63) is 24.0 Å². The number of carbonyl (C=O) groups is 2. The topological polar surface area (TPSA) is 106 Å². The van der Waals surface area contributed by atoms with Gasteiger partial charge in [0.05, 0.1) is 11.9 Å². The second kappa shape index (κ2) is 7.32. The SMILES string of the molecule is CCNC(=O)NC(=O)C(C)Oc1ccc(CN)nc1. The molecule has 0 fully saturated rings. The first-order valence-electron chi connectivity index (χ1n) is 5.97. The van der Waals surface area contributed by atoms with E-state index in [1.807, 2.05) is 0 Å². The summed E-state index contributed by atoms with van der Waals surface area (Å²) in [6.45, 7) is 4.09. The molecule has 0 aliphatic heterocycles. The summed E-state index contributed by atoms with van der Waals surface area (Å²) >= 11 is 0. The minimum atomic E-state index is -0.798. The molecule has 0 spiro atoms. The summed E-state index contributed by atoms with van der Waals surface area (Å²) in [4.78, 5) is 26.8. The Balaban J connectivity index is 2.50. The minimum absolute atomic E-state index is 0.341. The maximum atomic E-state index is 11.6. The number of carbonyl (C=O) groups excluding carboxylic acids is 2. The molecule has 4 N–H and O–H groups in total. The van der Waals surface area contributed by atoms with Gasteiger partial charge in [0.1, 0.15) is 5.75 Å². The molecule has 0 radical (unpaired) electrons. The number of nitrogens with zero attached hydrogens (tertiary/aromatic N) is 1. The molecule has 0 aromatic carbocycles. The number of hydrogen-bond donors (Lipinski definition) is 3. The van der Waals surface area contributed by atoms with Crippen LogP contribution < -0.4 is 21.1 Å². The Labute approximate surface area is 111 Å². The van der Waals surface area contributed by atoms with E-state index in [1.54, 1.807) is 26.0 Å². The third-order valence-corrected chi connectivity index (χ3v) is 2.26. The molecular formula is C12H18N4O3. The van der Waals surface area contributed by atoms with Crippen molar-refractivity contribution in [3.8, 4) is 5.75 Å². The van der Waals surface area contributed by atoms with Crippen LogP contribution in [0.25, 0.3) is 0 Å². The zero-order chi connectivity index (χ0) is 14.3. The van der Waals surface area contributed by atoms with Crippen LogP contribution in [0, 0.1) is 0 Å². The Kier molecular flexibility index (Phi) is 5.74. The summed E-state index contributed by atoms with van der Waals surface area (Å²) < 4.78 is 5.36. The Morgan fingerprint density at radius 3 is 2.74 bits per heavy atom. The third kappa shape index (κ3) is 4.92. The lowest BCUT2D eigenvalue weighted by Crippen LogP contribution is -2.45. The number of ether oxygens (including phenoxy) is 1. The summed E-state index contributed by atoms with van der Waals surface area (Å²) in [6, 6.07) is 2.84. The van der Waals surface area contributed by atoms with Crippen molar-refractivity contribution >= 4 is 11.9 Å². The molecule has 1 heterocycles. The summed E-state index contributed by atoms with van der Waals surface area (Å²) in [5, 5.41) is 4.63. The van der Waals surface area contributed by atoms with E-state index in [-0.39, 0.29) is 0 Å². The first-order valence-corrected chi connectivity index (χ1v) is 5.97. The van der Waals surface area contributed by atoms with E-state index in [0.717, 1.165) is 5.69 Å². The lowest BCUT2D eigenvalue weighted by molar-refractivity contribution is -0.126. The maximum absolute atomic E-state index is 11.6. The van der Waals surface area contributed by atoms with Crippen molar-refractivity contribution < 1.29 is 14.3 Å². The first kappa shape index (κ1) is 14.9. The van der Waals surface area contributed by atoms with Crippen molar-refractivity contribution in [2.75, 3.05) is 6.54 Å². The lowest BCUT2D eigenvalue weighted by atomic mass is 10.3. The molecule has 7 nitrogen and oxygen atoms in total. The van der Waals surface area contributed by atoms with Crippen LogP contribution in [0.4, 0.5) is 4.79 Å². The van der Waals surface area contributed by atoms with Gasteiger partial charge in [0.15, 0.2) is 6.10 Å². The van der Waals surface area contributed by atoms with Crippen LogP contribution in [0.3, 0.4) is 0 Å². The van der Waals surface area contributed by atoms with Gasteiger partial charge < -0.3 is 15.8 Å². The lowest BCUT2D eigenvalue weighted by Gasteiger charge is -2.14. The van der Waals surface area contributed by atoms with Crippen molar-refractivity contribution in [1.29, 1.82) is 0 Å². The fourth-order valence-corrected chi connectivity index (χ4v) is 1.28. The summed E-state index contributed by atoms with van der Waals surface area (Å²) in [6.07, 6.45) is 0.686. The zero-order valence-corrected chi connectivity index (χ0v) is 11.0. The van der Waals surface area contributed by atoms with Gasteiger partial charge >= 0.3 is 6.03 Å². The molecule has 1 aromatic heterocycles. The summed E-state index contributed by atoms with van der Waals surface area (Å²) in [7, 11) is 0. The van der Waals surface area contributed by atoms with Crippen molar-refractivity contribution in [1.82, 2.24) is 15.6 Å². The molecular weight excluding hydrogens is 248 g/mol. The highest BCUT2D eigenvalue weighted by Crippen LogP contribution is 2.11. The quantitative estimate of drug-likeness (QED) is 0.703. The molecule has 0 aliphatic rings. The van der Waals surface area contributed by atoms with E-state index in [2.05, 4.69) is 15.6 Å². The van der Waals surface area contributed by atoms with E-state index in [0.29, 0.717) is 18.8 Å². The monoisotopic (exact) mass is 266 g/mol. The molecule has 7 heteroatoms. The number of aromatic nitrogens is 1. The van der Waals surface area contributed by atoms with E-state index in [1.165, 1.54) is 6.20 Å². The van der Waals surface area contributed by atoms with Crippen LogP contribution in [-0.2, 0) is 11.3 Å². The third-order valence-electron chi connectivity index (χ3n) is 2.26. The van der Waals surface area contributed by atoms with Gasteiger partial charge in [0.25, 0.3) is 5.91 Å². The van der Waals surface area contributed by atoms with Crippen molar-refractivity contribution in [3.63, 3.8) is 0 Å². The van der Waals surface area contributed by atoms with Gasteiger partial charge in [0, 0.05) is 13.1 Å². The Morgan fingerprint density at radius 2 is 2.21 bits per heavy atom. The predicted molar refractivity (Wildman–Crippen MR) is 69.4 cm³/mol. The molecule has 1 atom stereocenters. The number of pyridine rings is 1. The largest absolute Gasteiger partial charge is 0.479 e. The number of amides is 3. The number of hydrogen-bond acceptors (Lipinski definition) is 5. The molecule has 0 saturated carbocycles. The fourth-order valence-electron chi connectivity index (χ4n) is 1.28. The molecule has 0 saturated heterocycles. The van der Waals surface area contributed by atoms with Gasteiger partial charge in [0.2, 0.25) is 0 Å². The van der Waals surface area contributed by atoms with Crippen LogP contribution in [0.1, 0.15) is 19.5 Å². The second-order valence-corrected chi connectivity index (χ2v) is 3.80. The molecule has 0 bridgehead atoms. The van der Waals surface area contributed by atoms with Gasteiger partial charge in [-0.3, -0.25) is 15.1 Å². The Morgan fingerprint density at radius 1 is 1.47 bits per heavy atom. The second-order valence-electron chi connectivity index (χ2n) is 3.80. The van der Waals surface area contributed by atoms with Gasteiger partial charge in [-0.2, -0.15) is 0 Å². The van der Waals surface area contributed by atoms with Crippen LogP contribution in [0.2, 0.25) is 0 Å². The highest BCUT2D eigenvalue weighted by molar-refractivity contribution is 5.96. The van der Waals surface area contributed by atoms with Gasteiger partial charge in [-0.1, -0.05) is 0 Å². The average Bonchev–Trinajstić information content (AvgIpc) is 2.39. The van der Waals surface area contributed by atoms with Gasteiger partial charge in [-0.25, -0.2) is 4.79 Å². The highest BCUT2D eigenvalue weighted by atomic mass is 16.5. The predicted octanol–water partition coefficient (Wildman–Crippen LogP) is 0.153. The number of rotatable bonds is 5. The molecule has 104 valence electrons. The molecule has 1 aromatic rings. The fraction of sp³-hybridized carbons (Fsp3) is 0.417. The number of urea groups is 1. The number of nitrogens with two attached hydrogens (primary N) is 1. The van der Waals surface area contributed by atoms with E-state index in [9.17, 15) is 9.59 Å². The van der Waals surface area contributed by atoms with Crippen LogP contribution in [-0.4, -0.2) is 29.6 Å². The molecule has 3 amide bonds. The van der Waals surface area contributed by atoms with Crippen LogP contribution in [0.5, 0.6) is 5.75 Å². The average molecular weight is 266 g/mol. The molecule has 19 heavy (non-hydrogen) atoms. The zero-order valence-electron chi connectivity index (χ0n) is 11.0. The van der Waals surface area contributed by atoms with Crippen molar-refractivity contribution in [2.45, 2.75) is 26.5 Å². The summed E-state index contributed by atoms with van der Waals surface area (Å²) in [5.41, 5.74) is 6.15. The Hall–Kier alpha value is -2.15. The summed E-state index contributed by atoms with van der Waals surface area (Å²) in [5.74, 6) is -0.0791. The van der Waals surface area contributed by atoms with E-state index >= 15 is 0 Å². The smallest absolute Gasteiger partial charge is 0.321 e. The minimum Gasteiger partial charge on any atom is -0.479 e. The maximum Gasteiger partial charge on any atom is 0.321 e. The number of nitrogens with one attached hydrogen (secondary N) is 2. The van der Waals surface area contributed by atoms with Crippen LogP contribution in [0.15, 0.2) is 18.3 Å². The normalized spacial score (nSPS) is 11.5. The van der Waals surface area contributed by atoms with Crippen LogP contribution >= 0.6 is 0 Å². The number of imide groups is 1. The van der Waals surface area contributed by atoms with E-state index < -0.39 is 18.0 Å². The highest BCUT2D eigenvalue weighted by Gasteiger charge is 2.17. The van der Waals surface area contributed by atoms with Crippen molar-refractivity contribution in [2.24, 2.45) is 5.73 Å². The molecule has 1 unspecified atom stereocenters. The standard InChI is InChI=1S/C12H18N4O3/c1-3-14-12(18)16-11(17)8(2)19-10-5-4-9(6-13)15-7-10/h4-5,7-8H,3,6,13H2,1-2H3,(H2,14,16,17,18). The Bertz CT molecular complexity index is 433. The van der Waals surface area contributed by atoms with E-state index in [4.69, 9.17) is 10.5 Å². The van der Waals surface area contributed by atoms with Gasteiger partial charge in [-0.15, -0.1) is 0 Å².